The van der Waals surface area contributed by atoms with Crippen molar-refractivity contribution < 1.29 is 9.28 Å². The molecule has 0 aromatic carbocycles. The van der Waals surface area contributed by atoms with Crippen LogP contribution in [0.25, 0.3) is 0 Å². The second kappa shape index (κ2) is 20.1. The van der Waals surface area contributed by atoms with Crippen LogP contribution in [0.1, 0.15) is 124 Å². The first kappa shape index (κ1) is 29.2. The van der Waals surface area contributed by atoms with Gasteiger partial charge in [-0.25, -0.2) is 0 Å². The molecule has 0 radical (unpaired) electrons. The summed E-state index contributed by atoms with van der Waals surface area (Å²) in [6.45, 7) is 8.82. The lowest BCUT2D eigenvalue weighted by molar-refractivity contribution is -0.911. The van der Waals surface area contributed by atoms with Crippen LogP contribution in [0.15, 0.2) is 12.2 Å². The van der Waals surface area contributed by atoms with Crippen molar-refractivity contribution in [2.45, 2.75) is 130 Å². The quantitative estimate of drug-likeness (QED) is 0.116. The highest BCUT2D eigenvalue weighted by Crippen LogP contribution is 2.12. The number of amides is 1. The molecule has 1 atom stereocenters. The third-order valence-electron chi connectivity index (χ3n) is 6.79. The molecule has 1 amide bonds. The number of quaternary nitrogens is 1. The summed E-state index contributed by atoms with van der Waals surface area (Å²) < 4.78 is 1.06. The zero-order chi connectivity index (χ0) is 22.5. The fraction of sp³-hybridized carbons (Fsp3) is 0.889. The van der Waals surface area contributed by atoms with Crippen molar-refractivity contribution in [2.24, 2.45) is 0 Å². The molecule has 0 spiro atoms. The Morgan fingerprint density at radius 2 is 1.33 bits per heavy atom. The third-order valence-corrected chi connectivity index (χ3v) is 6.79. The molecule has 0 aromatic heterocycles. The number of hydrogen-bond acceptors (Lipinski definition) is 1. The van der Waals surface area contributed by atoms with Crippen molar-refractivity contribution in [2.75, 3.05) is 27.2 Å². The average molecular weight is 424 g/mol. The molecule has 178 valence electrons. The second-order valence-corrected chi connectivity index (χ2v) is 9.77. The van der Waals surface area contributed by atoms with Crippen molar-refractivity contribution in [1.29, 1.82) is 0 Å². The number of carbonyl (C=O) groups excluding carboxylic acids is 1. The van der Waals surface area contributed by atoms with Crippen LogP contribution in [-0.2, 0) is 4.79 Å². The van der Waals surface area contributed by atoms with Crippen LogP contribution >= 0.6 is 0 Å². The van der Waals surface area contributed by atoms with E-state index in [1.807, 2.05) is 0 Å². The number of nitrogens with one attached hydrogen (secondary N) is 1. The molecule has 0 aliphatic rings. The van der Waals surface area contributed by atoms with Crippen LogP contribution in [0.4, 0.5) is 0 Å². The van der Waals surface area contributed by atoms with E-state index in [4.69, 9.17) is 0 Å². The Hall–Kier alpha value is -0.830. The molecule has 0 bridgehead atoms. The second-order valence-electron chi connectivity index (χ2n) is 9.77. The summed E-state index contributed by atoms with van der Waals surface area (Å²) in [6.07, 6.45) is 24.6. The van der Waals surface area contributed by atoms with Gasteiger partial charge in [-0.1, -0.05) is 70.4 Å². The Morgan fingerprint density at radius 1 is 0.800 bits per heavy atom. The van der Waals surface area contributed by atoms with E-state index in [1.54, 1.807) is 0 Å². The minimum Gasteiger partial charge on any atom is -0.356 e. The number of rotatable bonds is 21. The van der Waals surface area contributed by atoms with E-state index in [0.717, 1.165) is 30.4 Å². The Balaban J connectivity index is 3.38. The monoisotopic (exact) mass is 423 g/mol. The Kier molecular flexibility index (Phi) is 19.5. The molecule has 0 rings (SSSR count). The van der Waals surface area contributed by atoms with Crippen LogP contribution in [0.2, 0.25) is 0 Å². The highest BCUT2D eigenvalue weighted by atomic mass is 16.1. The van der Waals surface area contributed by atoms with Crippen molar-refractivity contribution in [1.82, 2.24) is 5.32 Å². The minimum atomic E-state index is 0.240. The van der Waals surface area contributed by atoms with Crippen LogP contribution < -0.4 is 5.32 Å². The number of allylic oxidation sites excluding steroid dienone is 2. The minimum absolute atomic E-state index is 0.240. The molecule has 0 saturated heterocycles. The SMILES string of the molecule is CCCCCCCC/C=C\CCCCCCCC(=O)NCCCC(C)[N+](C)(C)CC. The normalized spacial score (nSPS) is 13.1. The summed E-state index contributed by atoms with van der Waals surface area (Å²) in [5.41, 5.74) is 0. The van der Waals surface area contributed by atoms with Crippen molar-refractivity contribution in [3.8, 4) is 0 Å². The van der Waals surface area contributed by atoms with E-state index in [1.165, 1.54) is 83.5 Å². The van der Waals surface area contributed by atoms with Crippen molar-refractivity contribution in [3.05, 3.63) is 12.2 Å². The van der Waals surface area contributed by atoms with Crippen LogP contribution in [-0.4, -0.2) is 43.6 Å². The summed E-state index contributed by atoms with van der Waals surface area (Å²) >= 11 is 0. The lowest BCUT2D eigenvalue weighted by Gasteiger charge is -2.35. The molecule has 0 aliphatic carbocycles. The highest BCUT2D eigenvalue weighted by Gasteiger charge is 2.20. The molecule has 3 heteroatoms. The molecular formula is C27H55N2O+. The van der Waals surface area contributed by atoms with E-state index >= 15 is 0 Å². The summed E-state index contributed by atoms with van der Waals surface area (Å²) in [4.78, 5) is 12.0. The van der Waals surface area contributed by atoms with Crippen molar-refractivity contribution in [3.63, 3.8) is 0 Å². The van der Waals surface area contributed by atoms with E-state index < -0.39 is 0 Å². The first-order valence-corrected chi connectivity index (χ1v) is 13.2. The van der Waals surface area contributed by atoms with Gasteiger partial charge in [0.15, 0.2) is 0 Å². The maximum Gasteiger partial charge on any atom is 0.219 e. The predicted octanol–water partition coefficient (Wildman–Crippen LogP) is 7.41. The molecule has 0 aromatic rings. The highest BCUT2D eigenvalue weighted by molar-refractivity contribution is 5.75. The maximum atomic E-state index is 12.0. The Labute approximate surface area is 189 Å². The van der Waals surface area contributed by atoms with Gasteiger partial charge in [-0.2, -0.15) is 0 Å². The van der Waals surface area contributed by atoms with Crippen LogP contribution in [0.3, 0.4) is 0 Å². The van der Waals surface area contributed by atoms with E-state index in [9.17, 15) is 4.79 Å². The first-order valence-electron chi connectivity index (χ1n) is 13.2. The molecule has 0 aliphatic heterocycles. The topological polar surface area (TPSA) is 29.1 Å². The number of hydrogen-bond donors (Lipinski definition) is 1. The number of carbonyl (C=O) groups is 1. The molecule has 3 nitrogen and oxygen atoms in total. The molecule has 0 saturated carbocycles. The van der Waals surface area contributed by atoms with E-state index in [2.05, 4.69) is 52.3 Å². The predicted molar refractivity (Wildman–Crippen MR) is 134 cm³/mol. The lowest BCUT2D eigenvalue weighted by Crippen LogP contribution is -2.47. The number of nitrogens with zero attached hydrogens (tertiary/aromatic N) is 1. The summed E-state index contributed by atoms with van der Waals surface area (Å²) in [7, 11) is 4.58. The first-order chi connectivity index (χ1) is 14.4. The Bertz CT molecular complexity index is 417. The van der Waals surface area contributed by atoms with Gasteiger partial charge in [0.05, 0.1) is 26.7 Å². The van der Waals surface area contributed by atoms with Gasteiger partial charge in [0, 0.05) is 19.4 Å². The van der Waals surface area contributed by atoms with Gasteiger partial charge < -0.3 is 9.80 Å². The van der Waals surface area contributed by atoms with E-state index in [-0.39, 0.29) is 5.91 Å². The molecule has 0 heterocycles. The largest absolute Gasteiger partial charge is 0.356 e. The van der Waals surface area contributed by atoms with Gasteiger partial charge >= 0.3 is 0 Å². The summed E-state index contributed by atoms with van der Waals surface area (Å²) in [5, 5.41) is 3.10. The Morgan fingerprint density at radius 3 is 1.90 bits per heavy atom. The van der Waals surface area contributed by atoms with Gasteiger partial charge in [-0.3, -0.25) is 4.79 Å². The van der Waals surface area contributed by atoms with Gasteiger partial charge in [0.2, 0.25) is 5.91 Å². The molecular weight excluding hydrogens is 368 g/mol. The molecule has 0 fully saturated rings. The van der Waals surface area contributed by atoms with Crippen molar-refractivity contribution >= 4 is 5.91 Å². The van der Waals surface area contributed by atoms with Crippen LogP contribution in [0, 0.1) is 0 Å². The summed E-state index contributed by atoms with van der Waals surface area (Å²) in [6, 6.07) is 0.650. The summed E-state index contributed by atoms with van der Waals surface area (Å²) in [5.74, 6) is 0.240. The zero-order valence-corrected chi connectivity index (χ0v) is 21.3. The molecule has 1 unspecified atom stereocenters. The van der Waals surface area contributed by atoms with Gasteiger partial charge in [0.1, 0.15) is 0 Å². The fourth-order valence-electron chi connectivity index (χ4n) is 3.73. The van der Waals surface area contributed by atoms with Crippen LogP contribution in [0.5, 0.6) is 0 Å². The zero-order valence-electron chi connectivity index (χ0n) is 21.3. The lowest BCUT2D eigenvalue weighted by atomic mass is 10.1. The van der Waals surface area contributed by atoms with E-state index in [0.29, 0.717) is 12.5 Å². The molecule has 30 heavy (non-hydrogen) atoms. The number of unbranched alkanes of at least 4 members (excludes halogenated alkanes) is 11. The standard InChI is InChI=1S/C27H54N2O/c1-6-8-9-10-11-12-13-14-15-16-17-18-19-20-21-24-27(30)28-25-22-23-26(3)29(4,5)7-2/h14-15,26H,6-13,16-25H2,1-5H3/p+1/b15-14-. The third kappa shape index (κ3) is 18.0. The fourth-order valence-corrected chi connectivity index (χ4v) is 3.73. The smallest absolute Gasteiger partial charge is 0.219 e. The molecule has 1 N–H and O–H groups in total. The van der Waals surface area contributed by atoms with Gasteiger partial charge in [-0.05, 0) is 52.4 Å². The van der Waals surface area contributed by atoms with Gasteiger partial charge in [0.25, 0.3) is 0 Å². The maximum absolute atomic E-state index is 12.0. The van der Waals surface area contributed by atoms with Gasteiger partial charge in [-0.15, -0.1) is 0 Å². The average Bonchev–Trinajstić information content (AvgIpc) is 2.73.